The molecule has 0 saturated heterocycles. The van der Waals surface area contributed by atoms with Crippen molar-refractivity contribution in [3.8, 4) is 0 Å². The maximum absolute atomic E-state index is 2.41. The average Bonchev–Trinajstić information content (AvgIpc) is 2.68. The summed E-state index contributed by atoms with van der Waals surface area (Å²) in [6.07, 6.45) is 10.8. The maximum atomic E-state index is 2.41. The number of hydrogen-bond acceptors (Lipinski definition) is 0. The van der Waals surface area contributed by atoms with Crippen LogP contribution in [0.1, 0.15) is 112 Å². The molecular formula is C30H46. The van der Waals surface area contributed by atoms with Crippen LogP contribution in [0.25, 0.3) is 0 Å². The molecule has 0 fully saturated rings. The molecule has 0 saturated carbocycles. The molecule has 2 aromatic carbocycles. The van der Waals surface area contributed by atoms with Crippen molar-refractivity contribution in [2.45, 2.75) is 118 Å². The molecule has 0 bridgehead atoms. The van der Waals surface area contributed by atoms with Crippen molar-refractivity contribution in [2.24, 2.45) is 0 Å². The first kappa shape index (κ1) is 24.7. The SMILES string of the molecule is Cc1ccc(C(C)(C)CCCCCCCCC(C)(C)c2ccc(C)c(C)c2)cc1C. The van der Waals surface area contributed by atoms with Gasteiger partial charge in [0.1, 0.15) is 0 Å². The Morgan fingerprint density at radius 1 is 0.467 bits per heavy atom. The van der Waals surface area contributed by atoms with Gasteiger partial charge in [-0.25, -0.2) is 0 Å². The van der Waals surface area contributed by atoms with Crippen molar-refractivity contribution in [1.29, 1.82) is 0 Å². The van der Waals surface area contributed by atoms with E-state index in [0.717, 1.165) is 0 Å². The molecule has 0 heteroatoms. The average molecular weight is 407 g/mol. The lowest BCUT2D eigenvalue weighted by molar-refractivity contribution is 0.426. The molecule has 0 amide bonds. The van der Waals surface area contributed by atoms with E-state index in [4.69, 9.17) is 0 Å². The Morgan fingerprint density at radius 3 is 1.13 bits per heavy atom. The number of benzene rings is 2. The summed E-state index contributed by atoms with van der Waals surface area (Å²) in [5.74, 6) is 0. The Morgan fingerprint density at radius 2 is 0.800 bits per heavy atom. The van der Waals surface area contributed by atoms with Gasteiger partial charge in [0.05, 0.1) is 0 Å². The Bertz CT molecular complexity index is 737. The van der Waals surface area contributed by atoms with Crippen molar-refractivity contribution in [3.05, 3.63) is 69.8 Å². The van der Waals surface area contributed by atoms with Crippen LogP contribution >= 0.6 is 0 Å². The van der Waals surface area contributed by atoms with E-state index in [-0.39, 0.29) is 10.8 Å². The van der Waals surface area contributed by atoms with Crippen LogP contribution in [0.2, 0.25) is 0 Å². The van der Waals surface area contributed by atoms with Crippen molar-refractivity contribution in [2.75, 3.05) is 0 Å². The van der Waals surface area contributed by atoms with Crippen LogP contribution < -0.4 is 0 Å². The van der Waals surface area contributed by atoms with Gasteiger partial charge >= 0.3 is 0 Å². The topological polar surface area (TPSA) is 0 Å². The normalized spacial score (nSPS) is 12.4. The summed E-state index contributed by atoms with van der Waals surface area (Å²) < 4.78 is 0. The Balaban J connectivity index is 1.65. The standard InChI is InChI=1S/C30H46/c1-23-15-17-27(21-25(23)3)29(5,6)19-13-11-9-10-12-14-20-30(7,8)28-18-16-24(2)26(4)22-28/h15-18,21-22H,9-14,19-20H2,1-8H3. The number of rotatable bonds is 11. The van der Waals surface area contributed by atoms with Crippen molar-refractivity contribution in [1.82, 2.24) is 0 Å². The minimum atomic E-state index is 0.286. The summed E-state index contributed by atoms with van der Waals surface area (Å²) in [6.45, 7) is 18.5. The van der Waals surface area contributed by atoms with Crippen LogP contribution in [-0.2, 0) is 10.8 Å². The van der Waals surface area contributed by atoms with Gasteiger partial charge in [-0.15, -0.1) is 0 Å². The van der Waals surface area contributed by atoms with Gasteiger partial charge < -0.3 is 0 Å². The van der Waals surface area contributed by atoms with E-state index in [9.17, 15) is 0 Å². The molecule has 0 atom stereocenters. The predicted octanol–water partition coefficient (Wildman–Crippen LogP) is 9.30. The summed E-state index contributed by atoms with van der Waals surface area (Å²) in [5, 5.41) is 0. The van der Waals surface area contributed by atoms with E-state index >= 15 is 0 Å². The predicted molar refractivity (Wildman–Crippen MR) is 135 cm³/mol. The van der Waals surface area contributed by atoms with Crippen molar-refractivity contribution < 1.29 is 0 Å². The lowest BCUT2D eigenvalue weighted by atomic mass is 9.78. The molecule has 166 valence electrons. The number of unbranched alkanes of at least 4 members (excludes halogenated alkanes) is 5. The monoisotopic (exact) mass is 406 g/mol. The second kappa shape index (κ2) is 10.7. The molecule has 0 aromatic heterocycles. The van der Waals surface area contributed by atoms with Gasteiger partial charge in [0, 0.05) is 0 Å². The van der Waals surface area contributed by atoms with Crippen LogP contribution in [0.5, 0.6) is 0 Å². The molecule has 2 aromatic rings. The lowest BCUT2D eigenvalue weighted by Gasteiger charge is -2.26. The van der Waals surface area contributed by atoms with Gasteiger partial charge in [-0.3, -0.25) is 0 Å². The molecular weight excluding hydrogens is 360 g/mol. The molecule has 0 aliphatic heterocycles. The van der Waals surface area contributed by atoms with Gasteiger partial charge in [0.25, 0.3) is 0 Å². The highest BCUT2D eigenvalue weighted by Crippen LogP contribution is 2.32. The third kappa shape index (κ3) is 7.00. The summed E-state index contributed by atoms with van der Waals surface area (Å²) in [6, 6.07) is 14.0. The van der Waals surface area contributed by atoms with Gasteiger partial charge in [0.15, 0.2) is 0 Å². The Labute approximate surface area is 187 Å². The Hall–Kier alpha value is -1.56. The first-order valence-corrected chi connectivity index (χ1v) is 12.2. The third-order valence-electron chi connectivity index (χ3n) is 7.43. The smallest absolute Gasteiger partial charge is 0.0103 e. The van der Waals surface area contributed by atoms with E-state index in [0.29, 0.717) is 0 Å². The second-order valence-electron chi connectivity index (χ2n) is 11.0. The van der Waals surface area contributed by atoms with Crippen LogP contribution in [0.4, 0.5) is 0 Å². The quantitative estimate of drug-likeness (QED) is 0.326. The third-order valence-corrected chi connectivity index (χ3v) is 7.43. The molecule has 30 heavy (non-hydrogen) atoms. The molecule has 2 rings (SSSR count). The van der Waals surface area contributed by atoms with E-state index in [2.05, 4.69) is 91.8 Å². The van der Waals surface area contributed by atoms with Crippen molar-refractivity contribution in [3.63, 3.8) is 0 Å². The highest BCUT2D eigenvalue weighted by molar-refractivity contribution is 5.34. The lowest BCUT2D eigenvalue weighted by Crippen LogP contribution is -2.17. The molecule has 0 spiro atoms. The molecule has 0 heterocycles. The molecule has 0 nitrogen and oxygen atoms in total. The van der Waals surface area contributed by atoms with E-state index in [1.54, 1.807) is 0 Å². The summed E-state index contributed by atoms with van der Waals surface area (Å²) >= 11 is 0. The zero-order chi connectivity index (χ0) is 22.4. The van der Waals surface area contributed by atoms with E-state index in [1.165, 1.54) is 84.7 Å². The second-order valence-corrected chi connectivity index (χ2v) is 11.0. The summed E-state index contributed by atoms with van der Waals surface area (Å²) in [7, 11) is 0. The van der Waals surface area contributed by atoms with Crippen molar-refractivity contribution >= 4 is 0 Å². The fourth-order valence-corrected chi connectivity index (χ4v) is 4.45. The number of aryl methyl sites for hydroxylation is 4. The van der Waals surface area contributed by atoms with Crippen LogP contribution in [-0.4, -0.2) is 0 Å². The van der Waals surface area contributed by atoms with Gasteiger partial charge in [-0.05, 0) is 84.7 Å². The van der Waals surface area contributed by atoms with Crippen LogP contribution in [0.3, 0.4) is 0 Å². The van der Waals surface area contributed by atoms with Gasteiger partial charge in [-0.2, -0.15) is 0 Å². The maximum Gasteiger partial charge on any atom is -0.0103 e. The highest BCUT2D eigenvalue weighted by Gasteiger charge is 2.21. The fraction of sp³-hybridized carbons (Fsp3) is 0.600. The first-order chi connectivity index (χ1) is 14.0. The summed E-state index contributed by atoms with van der Waals surface area (Å²) in [4.78, 5) is 0. The zero-order valence-electron chi connectivity index (χ0n) is 21.1. The van der Waals surface area contributed by atoms with Crippen LogP contribution in [0, 0.1) is 27.7 Å². The Kier molecular flexibility index (Phi) is 8.77. The van der Waals surface area contributed by atoms with Gasteiger partial charge in [-0.1, -0.05) is 103 Å². The molecule has 0 unspecified atom stereocenters. The van der Waals surface area contributed by atoms with Crippen LogP contribution in [0.15, 0.2) is 36.4 Å². The minimum Gasteiger partial charge on any atom is -0.0588 e. The van der Waals surface area contributed by atoms with E-state index in [1.807, 2.05) is 0 Å². The largest absolute Gasteiger partial charge is 0.0588 e. The van der Waals surface area contributed by atoms with E-state index < -0.39 is 0 Å². The van der Waals surface area contributed by atoms with Gasteiger partial charge in [0.2, 0.25) is 0 Å². The minimum absolute atomic E-state index is 0.286. The first-order valence-electron chi connectivity index (χ1n) is 12.2. The summed E-state index contributed by atoms with van der Waals surface area (Å²) in [5.41, 5.74) is 9.21. The molecule has 0 aliphatic rings. The molecule has 0 radical (unpaired) electrons. The molecule has 0 N–H and O–H groups in total. The molecule has 0 aliphatic carbocycles. The number of hydrogen-bond donors (Lipinski definition) is 0. The highest BCUT2D eigenvalue weighted by atomic mass is 14.3. The fourth-order valence-electron chi connectivity index (χ4n) is 4.45. The zero-order valence-corrected chi connectivity index (χ0v) is 21.1.